The first-order valence-corrected chi connectivity index (χ1v) is 10.2. The Kier molecular flexibility index (Phi) is 6.02. The highest BCUT2D eigenvalue weighted by molar-refractivity contribution is 7.92. The van der Waals surface area contributed by atoms with Gasteiger partial charge in [0.25, 0.3) is 15.9 Å². The molecule has 0 atom stereocenters. The van der Waals surface area contributed by atoms with E-state index in [1.165, 1.54) is 19.2 Å². The van der Waals surface area contributed by atoms with Crippen LogP contribution >= 0.6 is 0 Å². The number of methoxy groups -OCH3 is 1. The number of aryl methyl sites for hydroxylation is 1. The minimum Gasteiger partial charge on any atom is -0.494 e. The van der Waals surface area contributed by atoms with Crippen molar-refractivity contribution in [3.05, 3.63) is 83.4 Å². The fourth-order valence-corrected chi connectivity index (χ4v) is 3.78. The van der Waals surface area contributed by atoms with Crippen molar-refractivity contribution in [2.24, 2.45) is 0 Å². The number of hydrogen-bond donors (Lipinski definition) is 2. The molecule has 0 saturated carbocycles. The summed E-state index contributed by atoms with van der Waals surface area (Å²) < 4.78 is 59.2. The summed E-state index contributed by atoms with van der Waals surface area (Å²) in [5.74, 6) is -2.63. The summed E-state index contributed by atoms with van der Waals surface area (Å²) >= 11 is 0. The summed E-state index contributed by atoms with van der Waals surface area (Å²) in [5.41, 5.74) is 1.52. The predicted octanol–water partition coefficient (Wildman–Crippen LogP) is 4.33. The lowest BCUT2D eigenvalue weighted by molar-refractivity contribution is 0.102. The SMILES string of the molecule is COc1cc(NC(=O)c2ccccc2)c(C)cc1NS(=O)(=O)c1ccc(F)c(F)c1. The van der Waals surface area contributed by atoms with E-state index in [-0.39, 0.29) is 17.3 Å². The average molecular weight is 432 g/mol. The fraction of sp³-hybridized carbons (Fsp3) is 0.0952. The van der Waals surface area contributed by atoms with Crippen molar-refractivity contribution in [2.75, 3.05) is 17.1 Å². The van der Waals surface area contributed by atoms with Crippen molar-refractivity contribution in [1.82, 2.24) is 0 Å². The van der Waals surface area contributed by atoms with Crippen molar-refractivity contribution in [2.45, 2.75) is 11.8 Å². The number of benzene rings is 3. The van der Waals surface area contributed by atoms with Crippen LogP contribution in [0.5, 0.6) is 5.75 Å². The number of carbonyl (C=O) groups excluding carboxylic acids is 1. The van der Waals surface area contributed by atoms with E-state index in [4.69, 9.17) is 4.74 Å². The Morgan fingerprint density at radius 2 is 1.63 bits per heavy atom. The van der Waals surface area contributed by atoms with Gasteiger partial charge in [0.05, 0.1) is 17.7 Å². The minimum absolute atomic E-state index is 0.0810. The zero-order chi connectivity index (χ0) is 21.9. The van der Waals surface area contributed by atoms with Gasteiger partial charge in [-0.1, -0.05) is 18.2 Å². The number of rotatable bonds is 6. The number of ether oxygens (including phenoxy) is 1. The van der Waals surface area contributed by atoms with E-state index in [0.717, 1.165) is 12.1 Å². The molecule has 0 unspecified atom stereocenters. The van der Waals surface area contributed by atoms with Crippen molar-refractivity contribution in [1.29, 1.82) is 0 Å². The maximum absolute atomic E-state index is 13.4. The molecule has 9 heteroatoms. The smallest absolute Gasteiger partial charge is 0.262 e. The number of anilines is 2. The van der Waals surface area contributed by atoms with E-state index in [1.54, 1.807) is 37.3 Å². The third-order valence-corrected chi connectivity index (χ3v) is 5.64. The molecular formula is C21H18F2N2O4S. The maximum Gasteiger partial charge on any atom is 0.262 e. The molecule has 0 fully saturated rings. The standard InChI is InChI=1S/C21H18F2N2O4S/c1-13-10-19(25-30(27,28)15-8-9-16(22)17(23)11-15)20(29-2)12-18(13)24-21(26)14-6-4-3-5-7-14/h3-12,25H,1-2H3,(H,24,26). The first kappa shape index (κ1) is 21.3. The van der Waals surface area contributed by atoms with Crippen molar-refractivity contribution >= 4 is 27.3 Å². The zero-order valence-corrected chi connectivity index (χ0v) is 16.9. The highest BCUT2D eigenvalue weighted by Crippen LogP contribution is 2.33. The quantitative estimate of drug-likeness (QED) is 0.607. The molecule has 0 radical (unpaired) electrons. The van der Waals surface area contributed by atoms with Gasteiger partial charge in [-0.2, -0.15) is 0 Å². The summed E-state index contributed by atoms with van der Waals surface area (Å²) in [5, 5.41) is 2.75. The van der Waals surface area contributed by atoms with Gasteiger partial charge < -0.3 is 10.1 Å². The fourth-order valence-electron chi connectivity index (χ4n) is 2.70. The number of hydrogen-bond acceptors (Lipinski definition) is 4. The van der Waals surface area contributed by atoms with Crippen LogP contribution in [-0.2, 0) is 10.0 Å². The number of amides is 1. The predicted molar refractivity (Wildman–Crippen MR) is 109 cm³/mol. The first-order valence-electron chi connectivity index (χ1n) is 8.74. The van der Waals surface area contributed by atoms with Gasteiger partial charge >= 0.3 is 0 Å². The summed E-state index contributed by atoms with van der Waals surface area (Å²) in [6.45, 7) is 1.68. The average Bonchev–Trinajstić information content (AvgIpc) is 2.72. The summed E-state index contributed by atoms with van der Waals surface area (Å²) in [7, 11) is -2.87. The van der Waals surface area contributed by atoms with Crippen molar-refractivity contribution in [3.63, 3.8) is 0 Å². The molecule has 3 aromatic carbocycles. The summed E-state index contributed by atoms with van der Waals surface area (Å²) in [6.07, 6.45) is 0. The third-order valence-electron chi connectivity index (χ3n) is 4.28. The van der Waals surface area contributed by atoms with Gasteiger partial charge in [-0.3, -0.25) is 9.52 Å². The molecule has 0 spiro atoms. The van der Waals surface area contributed by atoms with Crippen LogP contribution < -0.4 is 14.8 Å². The van der Waals surface area contributed by atoms with Gasteiger partial charge in [-0.25, -0.2) is 17.2 Å². The highest BCUT2D eigenvalue weighted by Gasteiger charge is 2.20. The second kappa shape index (κ2) is 8.50. The summed E-state index contributed by atoms with van der Waals surface area (Å²) in [6, 6.07) is 13.8. The van der Waals surface area contributed by atoms with Gasteiger partial charge in [-0.05, 0) is 48.9 Å². The van der Waals surface area contributed by atoms with E-state index in [0.29, 0.717) is 22.9 Å². The molecule has 156 valence electrons. The molecule has 0 bridgehead atoms. The lowest BCUT2D eigenvalue weighted by Gasteiger charge is -2.16. The van der Waals surface area contributed by atoms with Crippen molar-refractivity contribution in [3.8, 4) is 5.75 Å². The highest BCUT2D eigenvalue weighted by atomic mass is 32.2. The molecule has 0 aromatic heterocycles. The van der Waals surface area contributed by atoms with Crippen LogP contribution in [0.3, 0.4) is 0 Å². The molecule has 0 heterocycles. The minimum atomic E-state index is -4.20. The van der Waals surface area contributed by atoms with Crippen LogP contribution in [0.2, 0.25) is 0 Å². The Morgan fingerprint density at radius 3 is 2.27 bits per heavy atom. The largest absolute Gasteiger partial charge is 0.494 e. The van der Waals surface area contributed by atoms with Gasteiger partial charge in [0.1, 0.15) is 5.75 Å². The number of sulfonamides is 1. The molecule has 0 aliphatic heterocycles. The number of carbonyl (C=O) groups is 1. The Hall–Kier alpha value is -3.46. The second-order valence-electron chi connectivity index (χ2n) is 6.37. The van der Waals surface area contributed by atoms with Crippen LogP contribution in [0.25, 0.3) is 0 Å². The van der Waals surface area contributed by atoms with Gasteiger partial charge in [0.15, 0.2) is 11.6 Å². The Bertz CT molecular complexity index is 1200. The Balaban J connectivity index is 1.90. The molecule has 3 rings (SSSR count). The first-order chi connectivity index (χ1) is 14.2. The van der Waals surface area contributed by atoms with Gasteiger partial charge in [0, 0.05) is 17.3 Å². The lowest BCUT2D eigenvalue weighted by Crippen LogP contribution is -2.16. The molecule has 2 N–H and O–H groups in total. The lowest BCUT2D eigenvalue weighted by atomic mass is 10.1. The molecule has 1 amide bonds. The van der Waals surface area contributed by atoms with Gasteiger partial charge in [0.2, 0.25) is 0 Å². The van der Waals surface area contributed by atoms with E-state index in [9.17, 15) is 22.0 Å². The molecule has 0 aliphatic rings. The van der Waals surface area contributed by atoms with E-state index < -0.39 is 26.6 Å². The summed E-state index contributed by atoms with van der Waals surface area (Å²) in [4.78, 5) is 12.0. The van der Waals surface area contributed by atoms with Crippen LogP contribution in [-0.4, -0.2) is 21.4 Å². The van der Waals surface area contributed by atoms with Crippen LogP contribution in [0.15, 0.2) is 65.6 Å². The third kappa shape index (κ3) is 4.57. The molecule has 0 aliphatic carbocycles. The van der Waals surface area contributed by atoms with Crippen LogP contribution in [0.1, 0.15) is 15.9 Å². The zero-order valence-electron chi connectivity index (χ0n) is 16.1. The molecule has 30 heavy (non-hydrogen) atoms. The normalized spacial score (nSPS) is 11.1. The van der Waals surface area contributed by atoms with E-state index >= 15 is 0 Å². The molecule has 6 nitrogen and oxygen atoms in total. The van der Waals surface area contributed by atoms with Gasteiger partial charge in [-0.15, -0.1) is 0 Å². The van der Waals surface area contributed by atoms with Crippen LogP contribution in [0, 0.1) is 18.6 Å². The molecular weight excluding hydrogens is 414 g/mol. The topological polar surface area (TPSA) is 84.5 Å². The Labute approximate surface area is 172 Å². The van der Waals surface area contributed by atoms with E-state index in [2.05, 4.69) is 10.0 Å². The van der Waals surface area contributed by atoms with E-state index in [1.807, 2.05) is 0 Å². The second-order valence-corrected chi connectivity index (χ2v) is 8.05. The molecule has 0 saturated heterocycles. The number of nitrogens with one attached hydrogen (secondary N) is 2. The Morgan fingerprint density at radius 1 is 0.933 bits per heavy atom. The monoisotopic (exact) mass is 432 g/mol. The van der Waals surface area contributed by atoms with Crippen LogP contribution in [0.4, 0.5) is 20.2 Å². The maximum atomic E-state index is 13.4. The molecule has 3 aromatic rings. The van der Waals surface area contributed by atoms with Crippen molar-refractivity contribution < 1.29 is 26.7 Å². The number of halogens is 2.